The van der Waals surface area contributed by atoms with Crippen molar-refractivity contribution in [1.29, 1.82) is 0 Å². The quantitative estimate of drug-likeness (QED) is 0.762. The van der Waals surface area contributed by atoms with Gasteiger partial charge in [0.15, 0.2) is 9.84 Å². The summed E-state index contributed by atoms with van der Waals surface area (Å²) in [4.78, 5) is 18.6. The van der Waals surface area contributed by atoms with Crippen molar-refractivity contribution in [1.82, 2.24) is 4.98 Å². The van der Waals surface area contributed by atoms with Gasteiger partial charge in [-0.2, -0.15) is 0 Å². The molecule has 1 atom stereocenters. The normalized spacial score (nSPS) is 19.5. The van der Waals surface area contributed by atoms with E-state index in [1.807, 2.05) is 4.90 Å². The lowest BCUT2D eigenvalue weighted by molar-refractivity contribution is 0.0527. The van der Waals surface area contributed by atoms with Gasteiger partial charge in [-0.1, -0.05) is 0 Å². The maximum atomic E-state index is 14.1. The van der Waals surface area contributed by atoms with E-state index in [4.69, 9.17) is 4.74 Å². The summed E-state index contributed by atoms with van der Waals surface area (Å²) in [5.41, 5.74) is 1.93. The number of anilines is 1. The van der Waals surface area contributed by atoms with E-state index in [2.05, 4.69) is 4.98 Å². The molecule has 1 aromatic carbocycles. The number of carbonyl (C=O) groups excluding carboxylic acids is 1. The Morgan fingerprint density at radius 2 is 2.15 bits per heavy atom. The van der Waals surface area contributed by atoms with Crippen LogP contribution < -0.4 is 4.90 Å². The first kappa shape index (κ1) is 18.6. The Kier molecular flexibility index (Phi) is 4.88. The van der Waals surface area contributed by atoms with Crippen LogP contribution in [0.4, 0.5) is 10.1 Å². The Morgan fingerprint density at radius 3 is 2.81 bits per heavy atom. The van der Waals surface area contributed by atoms with E-state index in [0.29, 0.717) is 22.2 Å². The fourth-order valence-electron chi connectivity index (χ4n) is 3.28. The zero-order valence-corrected chi connectivity index (χ0v) is 15.8. The van der Waals surface area contributed by atoms with E-state index in [-0.39, 0.29) is 31.0 Å². The van der Waals surface area contributed by atoms with Crippen molar-refractivity contribution in [2.24, 2.45) is 0 Å². The molecule has 2 heterocycles. The first-order chi connectivity index (χ1) is 12.2. The summed E-state index contributed by atoms with van der Waals surface area (Å²) in [6.07, 6.45) is 1.42. The molecular weight excluding hydrogens is 359 g/mol. The molecule has 0 N–H and O–H groups in total. The Balaban J connectivity index is 2.22. The van der Waals surface area contributed by atoms with Gasteiger partial charge in [-0.3, -0.25) is 4.98 Å². The number of rotatable bonds is 3. The first-order valence-electron chi connectivity index (χ1n) is 8.47. The summed E-state index contributed by atoms with van der Waals surface area (Å²) in [5.74, 6) is -1.01. The number of benzene rings is 1. The van der Waals surface area contributed by atoms with E-state index in [0.717, 1.165) is 0 Å². The van der Waals surface area contributed by atoms with Gasteiger partial charge in [-0.25, -0.2) is 17.6 Å². The molecule has 8 heteroatoms. The molecule has 2 aromatic rings. The number of aromatic nitrogens is 1. The highest BCUT2D eigenvalue weighted by atomic mass is 32.2. The van der Waals surface area contributed by atoms with Crippen LogP contribution in [0, 0.1) is 12.7 Å². The Labute approximate surface area is 151 Å². The van der Waals surface area contributed by atoms with Crippen molar-refractivity contribution in [2.75, 3.05) is 30.3 Å². The van der Waals surface area contributed by atoms with Crippen LogP contribution in [0.15, 0.2) is 18.3 Å². The molecule has 0 saturated carbocycles. The van der Waals surface area contributed by atoms with Crippen LogP contribution in [0.25, 0.3) is 10.9 Å². The third-order valence-electron chi connectivity index (χ3n) is 4.65. The second kappa shape index (κ2) is 6.83. The number of pyridine rings is 1. The summed E-state index contributed by atoms with van der Waals surface area (Å²) in [6, 6.07) is 2.72. The van der Waals surface area contributed by atoms with E-state index in [9.17, 15) is 17.6 Å². The van der Waals surface area contributed by atoms with Crippen molar-refractivity contribution >= 4 is 32.4 Å². The molecule has 1 aliphatic heterocycles. The third-order valence-corrected chi connectivity index (χ3v) is 6.77. The standard InChI is InChI=1S/C18H21FN2O4S/c1-4-25-18(22)15-9-20-16-11(2)7-13(19)8-14(16)17(15)21-5-6-26(23,24)12(3)10-21/h7-9,12H,4-6,10H2,1-3H3. The predicted molar refractivity (Wildman–Crippen MR) is 97.9 cm³/mol. The minimum absolute atomic E-state index is 0.0193. The number of ether oxygens (including phenoxy) is 1. The highest BCUT2D eigenvalue weighted by molar-refractivity contribution is 7.92. The monoisotopic (exact) mass is 380 g/mol. The molecule has 0 aliphatic carbocycles. The number of halogens is 1. The van der Waals surface area contributed by atoms with Crippen LogP contribution in [0.2, 0.25) is 0 Å². The largest absolute Gasteiger partial charge is 0.462 e. The second-order valence-electron chi connectivity index (χ2n) is 6.48. The van der Waals surface area contributed by atoms with Gasteiger partial charge in [-0.05, 0) is 38.5 Å². The average molecular weight is 380 g/mol. The van der Waals surface area contributed by atoms with Gasteiger partial charge in [-0.15, -0.1) is 0 Å². The molecule has 1 fully saturated rings. The highest BCUT2D eigenvalue weighted by Crippen LogP contribution is 2.34. The fourth-order valence-corrected chi connectivity index (χ4v) is 4.56. The molecular formula is C18H21FN2O4S. The van der Waals surface area contributed by atoms with Crippen molar-refractivity contribution < 1.29 is 22.3 Å². The van der Waals surface area contributed by atoms with Crippen molar-refractivity contribution in [3.63, 3.8) is 0 Å². The van der Waals surface area contributed by atoms with Crippen LogP contribution in [0.5, 0.6) is 0 Å². The molecule has 1 aromatic heterocycles. The molecule has 0 radical (unpaired) electrons. The van der Waals surface area contributed by atoms with E-state index in [1.54, 1.807) is 20.8 Å². The maximum Gasteiger partial charge on any atom is 0.341 e. The molecule has 0 amide bonds. The van der Waals surface area contributed by atoms with E-state index >= 15 is 0 Å². The predicted octanol–water partition coefficient (Wildman–Crippen LogP) is 2.48. The summed E-state index contributed by atoms with van der Waals surface area (Å²) >= 11 is 0. The summed E-state index contributed by atoms with van der Waals surface area (Å²) < 4.78 is 43.3. The van der Waals surface area contributed by atoms with Gasteiger partial charge < -0.3 is 9.64 Å². The summed E-state index contributed by atoms with van der Waals surface area (Å²) in [7, 11) is -3.16. The molecule has 0 spiro atoms. The molecule has 1 unspecified atom stereocenters. The lowest BCUT2D eigenvalue weighted by Gasteiger charge is -2.34. The minimum Gasteiger partial charge on any atom is -0.462 e. The summed E-state index contributed by atoms with van der Waals surface area (Å²) in [6.45, 7) is 5.74. The van der Waals surface area contributed by atoms with E-state index < -0.39 is 26.9 Å². The number of hydrogen-bond donors (Lipinski definition) is 0. The Bertz CT molecular complexity index is 975. The summed E-state index contributed by atoms with van der Waals surface area (Å²) in [5, 5.41) is -0.0938. The molecule has 1 saturated heterocycles. The number of sulfone groups is 1. The maximum absolute atomic E-state index is 14.1. The van der Waals surface area contributed by atoms with Gasteiger partial charge >= 0.3 is 5.97 Å². The topological polar surface area (TPSA) is 76.6 Å². The fraction of sp³-hybridized carbons (Fsp3) is 0.444. The van der Waals surface area contributed by atoms with Crippen molar-refractivity contribution in [3.05, 3.63) is 35.3 Å². The average Bonchev–Trinajstić information content (AvgIpc) is 2.56. The number of hydrogen-bond acceptors (Lipinski definition) is 6. The van der Waals surface area contributed by atoms with E-state index in [1.165, 1.54) is 18.3 Å². The molecule has 0 bridgehead atoms. The van der Waals surface area contributed by atoms with Crippen molar-refractivity contribution in [2.45, 2.75) is 26.0 Å². The number of esters is 1. The third kappa shape index (κ3) is 3.25. The molecule has 140 valence electrons. The first-order valence-corrected chi connectivity index (χ1v) is 10.2. The SMILES string of the molecule is CCOC(=O)c1cnc2c(C)cc(F)cc2c1N1CCS(=O)(=O)C(C)C1. The zero-order chi connectivity index (χ0) is 19.1. The molecule has 6 nitrogen and oxygen atoms in total. The number of fused-ring (bicyclic) bond motifs is 1. The zero-order valence-electron chi connectivity index (χ0n) is 15.0. The highest BCUT2D eigenvalue weighted by Gasteiger charge is 2.32. The number of aryl methyl sites for hydroxylation is 1. The Hall–Kier alpha value is -2.22. The van der Waals surface area contributed by atoms with Gasteiger partial charge in [0.25, 0.3) is 0 Å². The number of nitrogens with zero attached hydrogens (tertiary/aromatic N) is 2. The van der Waals surface area contributed by atoms with Crippen LogP contribution in [-0.4, -0.2) is 50.1 Å². The molecule has 1 aliphatic rings. The Morgan fingerprint density at radius 1 is 1.42 bits per heavy atom. The van der Waals surface area contributed by atoms with Crippen LogP contribution >= 0.6 is 0 Å². The van der Waals surface area contributed by atoms with Gasteiger partial charge in [0.2, 0.25) is 0 Å². The lowest BCUT2D eigenvalue weighted by Crippen LogP contribution is -2.46. The van der Waals surface area contributed by atoms with Gasteiger partial charge in [0, 0.05) is 24.7 Å². The van der Waals surface area contributed by atoms with Crippen molar-refractivity contribution in [3.8, 4) is 0 Å². The van der Waals surface area contributed by atoms with Crippen LogP contribution in [-0.2, 0) is 14.6 Å². The molecule has 26 heavy (non-hydrogen) atoms. The van der Waals surface area contributed by atoms with Crippen LogP contribution in [0.1, 0.15) is 29.8 Å². The number of carbonyl (C=O) groups is 1. The lowest BCUT2D eigenvalue weighted by atomic mass is 10.0. The second-order valence-corrected chi connectivity index (χ2v) is 9.02. The molecule has 3 rings (SSSR count). The minimum atomic E-state index is -3.16. The van der Waals surface area contributed by atoms with Gasteiger partial charge in [0.05, 0.1) is 28.8 Å². The van der Waals surface area contributed by atoms with Gasteiger partial charge in [0.1, 0.15) is 11.4 Å². The smallest absolute Gasteiger partial charge is 0.341 e. The van der Waals surface area contributed by atoms with Crippen LogP contribution in [0.3, 0.4) is 0 Å².